The molecule has 1 rings (SSSR count). The van der Waals surface area contributed by atoms with Crippen LogP contribution in [0, 0.1) is 0 Å². The first-order valence-electron chi connectivity index (χ1n) is 4.52. The van der Waals surface area contributed by atoms with Crippen LogP contribution >= 0.6 is 0 Å². The van der Waals surface area contributed by atoms with Gasteiger partial charge in [0.05, 0.1) is 0 Å². The third-order valence-electron chi connectivity index (χ3n) is 2.47. The van der Waals surface area contributed by atoms with E-state index in [9.17, 15) is 8.42 Å². The van der Waals surface area contributed by atoms with Crippen molar-refractivity contribution in [3.05, 3.63) is 23.8 Å². The van der Waals surface area contributed by atoms with Gasteiger partial charge in [0.25, 0.3) is 0 Å². The minimum absolute atomic E-state index is 0.499. The number of hydrogen-bond acceptors (Lipinski definition) is 2. The van der Waals surface area contributed by atoms with Gasteiger partial charge in [-0.15, -0.1) is 0 Å². The minimum atomic E-state index is -2.04. The number of allylic oxidation sites excluding steroid dienone is 4. The molecule has 1 aliphatic carbocycles. The van der Waals surface area contributed by atoms with Gasteiger partial charge >= 0.3 is 95.4 Å². The Hall–Kier alpha value is 0.0531. The third kappa shape index (κ3) is 3.03. The Morgan fingerprint density at radius 3 is 2.36 bits per heavy atom. The molecule has 0 saturated heterocycles. The number of rotatable bonds is 2. The van der Waals surface area contributed by atoms with Gasteiger partial charge in [0.15, 0.2) is 0 Å². The van der Waals surface area contributed by atoms with Crippen molar-refractivity contribution >= 4 is 36.9 Å². The average Bonchev–Trinajstić information content (AvgIpc) is 2.16. The molecule has 1 aliphatic rings. The first kappa shape index (κ1) is 12.1. The molecule has 0 spiro atoms. The van der Waals surface area contributed by atoms with Crippen LogP contribution in [0.25, 0.3) is 0 Å². The first-order valence-corrected chi connectivity index (χ1v) is 14.6. The van der Waals surface area contributed by atoms with Crippen LogP contribution < -0.4 is 0 Å². The molecule has 0 aliphatic heterocycles. The molecule has 78 valence electrons. The summed E-state index contributed by atoms with van der Waals surface area (Å²) in [7, 11) is -2.04. The molecule has 0 radical (unpaired) electrons. The van der Waals surface area contributed by atoms with Crippen LogP contribution in [0.1, 0.15) is 13.3 Å². The molecule has 0 N–H and O–H groups in total. The predicted octanol–water partition coefficient (Wildman–Crippen LogP) is 2.07. The molecule has 4 heteroatoms. The number of hydrogen-bond donors (Lipinski definition) is 0. The maximum absolute atomic E-state index is 10.7. The van der Waals surface area contributed by atoms with Gasteiger partial charge in [-0.05, 0) is 0 Å². The fourth-order valence-corrected chi connectivity index (χ4v) is 4.74. The SMILES string of the molecule is C[CH](C1=CCC(=S(=O)=O)C=C1)[Bi]([CH3])[CH3]. The van der Waals surface area contributed by atoms with E-state index in [1.165, 1.54) is 5.57 Å². The normalized spacial score (nSPS) is 18.3. The van der Waals surface area contributed by atoms with Crippen molar-refractivity contribution in [3.8, 4) is 0 Å². The van der Waals surface area contributed by atoms with Gasteiger partial charge in [-0.3, -0.25) is 0 Å². The van der Waals surface area contributed by atoms with Crippen LogP contribution in [-0.2, 0) is 10.3 Å². The monoisotopic (exact) mass is 408 g/mol. The Balaban J connectivity index is 2.83. The fraction of sp³-hybridized carbons (Fsp3) is 0.500. The van der Waals surface area contributed by atoms with E-state index in [4.69, 9.17) is 0 Å². The van der Waals surface area contributed by atoms with E-state index in [1.54, 1.807) is 6.08 Å². The summed E-state index contributed by atoms with van der Waals surface area (Å²) in [6, 6.07) is 0. The third-order valence-corrected chi connectivity index (χ3v) is 10.4. The summed E-state index contributed by atoms with van der Waals surface area (Å²) in [5.74, 6) is 0. The summed E-state index contributed by atoms with van der Waals surface area (Å²) in [5, 5.41) is 0. The summed E-state index contributed by atoms with van der Waals surface area (Å²) in [5.41, 5.74) is 1.34. The van der Waals surface area contributed by atoms with Gasteiger partial charge in [-0.2, -0.15) is 0 Å². The van der Waals surface area contributed by atoms with Gasteiger partial charge in [-0.1, -0.05) is 0 Å². The zero-order valence-corrected chi connectivity index (χ0v) is 13.0. The van der Waals surface area contributed by atoms with E-state index in [0.717, 1.165) is 0 Å². The Morgan fingerprint density at radius 2 is 2.00 bits per heavy atom. The fourth-order valence-electron chi connectivity index (χ4n) is 1.28. The second kappa shape index (κ2) is 5.22. The van der Waals surface area contributed by atoms with Gasteiger partial charge in [0.2, 0.25) is 0 Å². The molecule has 0 bridgehead atoms. The van der Waals surface area contributed by atoms with Gasteiger partial charge in [0.1, 0.15) is 0 Å². The van der Waals surface area contributed by atoms with Crippen LogP contribution in [0.2, 0.25) is 12.9 Å². The standard InChI is InChI=1S/C8H9O2S.2CH3.Bi/c1-2-7-3-5-8(6-4-7)11(9)10;;;/h2-5H,6H2,1H3;2*1H3;. The average molecular weight is 408 g/mol. The van der Waals surface area contributed by atoms with Crippen LogP contribution in [-0.4, -0.2) is 35.0 Å². The van der Waals surface area contributed by atoms with Crippen molar-refractivity contribution in [2.45, 2.75) is 26.2 Å². The maximum atomic E-state index is 10.7. The Kier molecular flexibility index (Phi) is 4.52. The molecule has 0 amide bonds. The molecule has 0 saturated carbocycles. The van der Waals surface area contributed by atoms with Crippen molar-refractivity contribution in [2.24, 2.45) is 0 Å². The predicted molar refractivity (Wildman–Crippen MR) is 62.7 cm³/mol. The van der Waals surface area contributed by atoms with Crippen LogP contribution in [0.4, 0.5) is 0 Å². The molecular weight excluding hydrogens is 393 g/mol. The zero-order chi connectivity index (χ0) is 10.7. The molecule has 0 fully saturated rings. The Bertz CT molecular complexity index is 394. The van der Waals surface area contributed by atoms with E-state index in [1.807, 2.05) is 6.08 Å². The molecule has 0 aromatic rings. The van der Waals surface area contributed by atoms with Crippen molar-refractivity contribution in [1.29, 1.82) is 0 Å². The first-order chi connectivity index (χ1) is 6.52. The summed E-state index contributed by atoms with van der Waals surface area (Å²) in [4.78, 5) is 0.499. The topological polar surface area (TPSA) is 34.1 Å². The second-order valence-electron chi connectivity index (χ2n) is 3.58. The molecule has 1 atom stereocenters. The van der Waals surface area contributed by atoms with Gasteiger partial charge in [0, 0.05) is 0 Å². The van der Waals surface area contributed by atoms with Crippen molar-refractivity contribution in [1.82, 2.24) is 0 Å². The molecule has 2 nitrogen and oxygen atoms in total. The molecule has 0 aromatic carbocycles. The van der Waals surface area contributed by atoms with Crippen molar-refractivity contribution in [2.75, 3.05) is 0 Å². The van der Waals surface area contributed by atoms with E-state index < -0.39 is 32.0 Å². The molecule has 0 heterocycles. The summed E-state index contributed by atoms with van der Waals surface area (Å²) in [6.45, 7) is 2.26. The summed E-state index contributed by atoms with van der Waals surface area (Å²) < 4.78 is 26.8. The van der Waals surface area contributed by atoms with E-state index >= 15 is 0 Å². The molecule has 1 unspecified atom stereocenters. The molecular formula is C10H15BiO2S. The van der Waals surface area contributed by atoms with Crippen LogP contribution in [0.5, 0.6) is 0 Å². The summed E-state index contributed by atoms with van der Waals surface area (Å²) >= 11 is -1.25. The molecule has 14 heavy (non-hydrogen) atoms. The van der Waals surface area contributed by atoms with Crippen LogP contribution in [0.3, 0.4) is 0 Å². The quantitative estimate of drug-likeness (QED) is 0.518. The van der Waals surface area contributed by atoms with Crippen LogP contribution in [0.15, 0.2) is 23.8 Å². The Labute approximate surface area is 94.9 Å². The molecule has 0 aromatic heterocycles. The van der Waals surface area contributed by atoms with E-state index in [0.29, 0.717) is 14.9 Å². The Morgan fingerprint density at radius 1 is 1.36 bits per heavy atom. The zero-order valence-electron chi connectivity index (χ0n) is 8.69. The summed E-state index contributed by atoms with van der Waals surface area (Å²) in [6.07, 6.45) is 6.34. The van der Waals surface area contributed by atoms with E-state index in [2.05, 4.69) is 22.3 Å². The second-order valence-corrected chi connectivity index (χ2v) is 15.1. The van der Waals surface area contributed by atoms with Crippen molar-refractivity contribution < 1.29 is 8.42 Å². The van der Waals surface area contributed by atoms with E-state index in [-0.39, 0.29) is 0 Å². The van der Waals surface area contributed by atoms with Gasteiger partial charge < -0.3 is 0 Å². The van der Waals surface area contributed by atoms with Gasteiger partial charge in [-0.25, -0.2) is 0 Å². The van der Waals surface area contributed by atoms with Crippen molar-refractivity contribution in [3.63, 3.8) is 0 Å².